The van der Waals surface area contributed by atoms with Crippen LogP contribution in [0.25, 0.3) is 0 Å². The van der Waals surface area contributed by atoms with E-state index in [1.165, 1.54) is 8.73 Å². The van der Waals surface area contributed by atoms with Crippen molar-refractivity contribution in [1.82, 2.24) is 0 Å². The molecule has 0 aromatic heterocycles. The maximum atomic E-state index is 2.28. The van der Waals surface area contributed by atoms with Crippen LogP contribution in [0.1, 0.15) is 13.8 Å². The summed E-state index contributed by atoms with van der Waals surface area (Å²) < 4.78 is 2.99. The van der Waals surface area contributed by atoms with Crippen molar-refractivity contribution < 1.29 is 0 Å². The Morgan fingerprint density at radius 2 is 1.50 bits per heavy atom. The minimum absolute atomic E-state index is 0. The third-order valence-electron chi connectivity index (χ3n) is 0.447. The van der Waals surface area contributed by atoms with Crippen LogP contribution < -0.4 is 0 Å². The minimum Gasteiger partial charge on any atom is 0 e. The molecular formula is C4H10BSb. The third-order valence-corrected chi connectivity index (χ3v) is 3.00. The second-order valence-electron chi connectivity index (χ2n) is 0.856. The average molecular weight is 191 g/mol. The van der Waals surface area contributed by atoms with Crippen LogP contribution >= 0.6 is 0 Å². The molecule has 34 valence electrons. The molecule has 0 nitrogen and oxygen atoms in total. The summed E-state index contributed by atoms with van der Waals surface area (Å²) in [5.41, 5.74) is 0. The molecule has 0 atom stereocenters. The topological polar surface area (TPSA) is 0 Å². The molecule has 0 unspecified atom stereocenters. The smallest absolute Gasteiger partial charge is 0 e. The first-order valence-corrected chi connectivity index (χ1v) is 5.66. The van der Waals surface area contributed by atoms with Crippen molar-refractivity contribution in [1.29, 1.82) is 0 Å². The molecule has 2 heteroatoms. The maximum Gasteiger partial charge on any atom is 0 e. The van der Waals surface area contributed by atoms with Crippen molar-refractivity contribution in [2.24, 2.45) is 0 Å². The van der Waals surface area contributed by atoms with Gasteiger partial charge in [-0.2, -0.15) is 0 Å². The SMILES string of the molecule is C[CH2][Sb][CH2]C.[B]. The first-order valence-electron chi connectivity index (χ1n) is 2.05. The number of hydrogen-bond acceptors (Lipinski definition) is 0. The average Bonchev–Trinajstić information content (AvgIpc) is 1.41. The Balaban J connectivity index is 0. The van der Waals surface area contributed by atoms with Crippen molar-refractivity contribution in [3.63, 3.8) is 0 Å². The largest absolute Gasteiger partial charge is 0 e. The van der Waals surface area contributed by atoms with Gasteiger partial charge in [0, 0.05) is 8.41 Å². The van der Waals surface area contributed by atoms with Gasteiger partial charge in [-0.15, -0.1) is 0 Å². The van der Waals surface area contributed by atoms with Crippen LogP contribution in [0.15, 0.2) is 0 Å². The quantitative estimate of drug-likeness (QED) is 0.574. The van der Waals surface area contributed by atoms with Crippen LogP contribution in [0.2, 0.25) is 8.73 Å². The molecule has 0 N–H and O–H groups in total. The Labute approximate surface area is 52.8 Å². The molecule has 0 heterocycles. The van der Waals surface area contributed by atoms with Crippen LogP contribution in [0.4, 0.5) is 0 Å². The predicted molar refractivity (Wildman–Crippen MR) is 32.5 cm³/mol. The summed E-state index contributed by atoms with van der Waals surface area (Å²) in [6.45, 7) is 4.56. The van der Waals surface area contributed by atoms with Gasteiger partial charge >= 0.3 is 44.2 Å². The molecule has 0 aliphatic carbocycles. The van der Waals surface area contributed by atoms with Crippen molar-refractivity contribution in [3.8, 4) is 0 Å². The molecule has 4 radical (unpaired) electrons. The third kappa shape index (κ3) is 8.86. The summed E-state index contributed by atoms with van der Waals surface area (Å²) in [5, 5.41) is 0. The summed E-state index contributed by atoms with van der Waals surface area (Å²) in [4.78, 5) is 0. The van der Waals surface area contributed by atoms with Crippen LogP contribution in [0.3, 0.4) is 0 Å². The van der Waals surface area contributed by atoms with Gasteiger partial charge in [-0.05, 0) is 0 Å². The fraction of sp³-hybridized carbons (Fsp3) is 1.00. The Morgan fingerprint density at radius 1 is 1.17 bits per heavy atom. The Kier molecular flexibility index (Phi) is 15.5. The molecule has 0 aliphatic rings. The number of rotatable bonds is 2. The monoisotopic (exact) mass is 190 g/mol. The Hall–Kier alpha value is 0.883. The fourth-order valence-electron chi connectivity index (χ4n) is 0.224. The molecule has 0 fully saturated rings. The molecule has 0 aromatic carbocycles. The number of hydrogen-bond donors (Lipinski definition) is 0. The Morgan fingerprint density at radius 3 is 1.50 bits per heavy atom. The first kappa shape index (κ1) is 9.99. The Bertz CT molecular complexity index is 15.0. The fourth-order valence-corrected chi connectivity index (χ4v) is 1.50. The zero-order valence-electron chi connectivity index (χ0n) is 4.44. The first-order chi connectivity index (χ1) is 2.41. The molecular weight excluding hydrogens is 181 g/mol. The molecule has 0 spiro atoms. The van der Waals surface area contributed by atoms with Gasteiger partial charge in [0.1, 0.15) is 0 Å². The van der Waals surface area contributed by atoms with Crippen LogP contribution in [0, 0.1) is 0 Å². The van der Waals surface area contributed by atoms with Crippen molar-refractivity contribution in [3.05, 3.63) is 0 Å². The van der Waals surface area contributed by atoms with Crippen molar-refractivity contribution in [2.45, 2.75) is 22.6 Å². The summed E-state index contributed by atoms with van der Waals surface area (Å²) in [7, 11) is 0. The zero-order valence-corrected chi connectivity index (χ0v) is 6.99. The summed E-state index contributed by atoms with van der Waals surface area (Å²) in [6.07, 6.45) is 0. The van der Waals surface area contributed by atoms with Crippen LogP contribution in [0.5, 0.6) is 0 Å². The maximum absolute atomic E-state index is 2.28. The predicted octanol–water partition coefficient (Wildman–Crippen LogP) is 1.19. The van der Waals surface area contributed by atoms with E-state index in [9.17, 15) is 0 Å². The zero-order chi connectivity index (χ0) is 4.12. The van der Waals surface area contributed by atoms with Gasteiger partial charge in [0.25, 0.3) is 0 Å². The molecule has 0 aliphatic heterocycles. The van der Waals surface area contributed by atoms with Gasteiger partial charge in [0.2, 0.25) is 0 Å². The molecule has 0 bridgehead atoms. The van der Waals surface area contributed by atoms with E-state index in [1.54, 1.807) is 0 Å². The standard InChI is InChI=1S/2C2H5.B.Sb/c2*1-2;;/h2*1H2,2H3;;. The van der Waals surface area contributed by atoms with E-state index in [1.807, 2.05) is 0 Å². The van der Waals surface area contributed by atoms with Crippen molar-refractivity contribution in [2.75, 3.05) is 0 Å². The molecule has 0 saturated carbocycles. The normalized spacial score (nSPS) is 7.00. The van der Waals surface area contributed by atoms with Crippen molar-refractivity contribution >= 4 is 30.0 Å². The molecule has 0 aromatic rings. The van der Waals surface area contributed by atoms with Crippen LogP contribution in [-0.4, -0.2) is 30.0 Å². The van der Waals surface area contributed by atoms with E-state index < -0.39 is 0 Å². The van der Waals surface area contributed by atoms with Gasteiger partial charge in [-0.3, -0.25) is 0 Å². The van der Waals surface area contributed by atoms with Gasteiger partial charge in [-0.1, -0.05) is 0 Å². The van der Waals surface area contributed by atoms with Gasteiger partial charge < -0.3 is 0 Å². The molecule has 0 saturated heterocycles. The van der Waals surface area contributed by atoms with E-state index in [4.69, 9.17) is 0 Å². The van der Waals surface area contributed by atoms with Gasteiger partial charge in [-0.25, -0.2) is 0 Å². The van der Waals surface area contributed by atoms with E-state index in [0.717, 1.165) is 0 Å². The minimum atomic E-state index is 0. The molecule has 0 rings (SSSR count). The van der Waals surface area contributed by atoms with E-state index in [-0.39, 0.29) is 8.41 Å². The second-order valence-corrected chi connectivity index (χ2v) is 5.74. The summed E-state index contributed by atoms with van der Waals surface area (Å²) in [5.74, 6) is 0. The second kappa shape index (κ2) is 9.30. The molecule has 6 heavy (non-hydrogen) atoms. The van der Waals surface area contributed by atoms with E-state index >= 15 is 0 Å². The molecule has 0 amide bonds. The van der Waals surface area contributed by atoms with E-state index in [0.29, 0.717) is 21.6 Å². The van der Waals surface area contributed by atoms with Gasteiger partial charge in [0.05, 0.1) is 0 Å². The van der Waals surface area contributed by atoms with Crippen LogP contribution in [-0.2, 0) is 0 Å². The summed E-state index contributed by atoms with van der Waals surface area (Å²) in [6, 6.07) is 0. The summed E-state index contributed by atoms with van der Waals surface area (Å²) >= 11 is 0.356. The van der Waals surface area contributed by atoms with Gasteiger partial charge in [0.15, 0.2) is 0 Å². The van der Waals surface area contributed by atoms with E-state index in [2.05, 4.69) is 13.8 Å².